The van der Waals surface area contributed by atoms with Gasteiger partial charge in [0.25, 0.3) is 0 Å². The van der Waals surface area contributed by atoms with E-state index >= 15 is 0 Å². The number of nitrogens with one attached hydrogen (secondary N) is 1. The van der Waals surface area contributed by atoms with Crippen LogP contribution in [-0.2, 0) is 13.0 Å². The first kappa shape index (κ1) is 14.9. The summed E-state index contributed by atoms with van der Waals surface area (Å²) in [6.45, 7) is 1.98. The molecule has 116 valence electrons. The van der Waals surface area contributed by atoms with Crippen LogP contribution >= 0.6 is 0 Å². The predicted octanol–water partition coefficient (Wildman–Crippen LogP) is 2.45. The van der Waals surface area contributed by atoms with E-state index < -0.39 is 6.10 Å². The monoisotopic (exact) mass is 299 g/mol. The summed E-state index contributed by atoms with van der Waals surface area (Å²) in [5.41, 5.74) is 3.28. The van der Waals surface area contributed by atoms with Crippen molar-refractivity contribution in [2.75, 3.05) is 20.3 Å². The van der Waals surface area contributed by atoms with Gasteiger partial charge in [-0.25, -0.2) is 0 Å². The number of para-hydroxylation sites is 1. The number of rotatable bonds is 6. The van der Waals surface area contributed by atoms with Gasteiger partial charge in [0, 0.05) is 25.1 Å². The Balaban J connectivity index is 1.56. The molecule has 0 spiro atoms. The maximum absolute atomic E-state index is 10.3. The van der Waals surface area contributed by atoms with Gasteiger partial charge in [0.1, 0.15) is 11.5 Å². The highest BCUT2D eigenvalue weighted by Gasteiger charge is 2.14. The Labute approximate surface area is 130 Å². The number of fused-ring (bicyclic) bond motifs is 1. The Kier molecular flexibility index (Phi) is 4.61. The normalized spacial score (nSPS) is 14.3. The van der Waals surface area contributed by atoms with Gasteiger partial charge in [-0.15, -0.1) is 0 Å². The van der Waals surface area contributed by atoms with Gasteiger partial charge in [0.2, 0.25) is 0 Å². The standard InChI is InChI=1S/C18H21NO3/c1-21-18-5-3-2-4-15(18)16(20)12-19-11-13-6-7-17-14(10-13)8-9-22-17/h2-7,10,16,19-20H,8-9,11-12H2,1H3. The van der Waals surface area contributed by atoms with E-state index in [1.54, 1.807) is 7.11 Å². The number of aliphatic hydroxyl groups excluding tert-OH is 1. The van der Waals surface area contributed by atoms with Gasteiger partial charge in [-0.05, 0) is 23.3 Å². The third-order valence-corrected chi connectivity index (χ3v) is 3.92. The van der Waals surface area contributed by atoms with E-state index in [1.807, 2.05) is 30.3 Å². The van der Waals surface area contributed by atoms with Gasteiger partial charge >= 0.3 is 0 Å². The maximum atomic E-state index is 10.3. The van der Waals surface area contributed by atoms with Crippen molar-refractivity contribution in [3.63, 3.8) is 0 Å². The molecule has 0 amide bonds. The van der Waals surface area contributed by atoms with E-state index in [2.05, 4.69) is 17.4 Å². The molecule has 1 aliphatic heterocycles. The van der Waals surface area contributed by atoms with E-state index in [4.69, 9.17) is 9.47 Å². The summed E-state index contributed by atoms with van der Waals surface area (Å²) in [6, 6.07) is 13.8. The molecule has 4 nitrogen and oxygen atoms in total. The maximum Gasteiger partial charge on any atom is 0.124 e. The van der Waals surface area contributed by atoms with Crippen molar-refractivity contribution < 1.29 is 14.6 Å². The second kappa shape index (κ2) is 6.81. The number of ether oxygens (including phenoxy) is 2. The highest BCUT2D eigenvalue weighted by atomic mass is 16.5. The van der Waals surface area contributed by atoms with E-state index in [-0.39, 0.29) is 0 Å². The van der Waals surface area contributed by atoms with Gasteiger partial charge in [0.15, 0.2) is 0 Å². The minimum atomic E-state index is -0.589. The summed E-state index contributed by atoms with van der Waals surface area (Å²) >= 11 is 0. The summed E-state index contributed by atoms with van der Waals surface area (Å²) < 4.78 is 10.8. The van der Waals surface area contributed by atoms with Crippen molar-refractivity contribution in [2.45, 2.75) is 19.1 Å². The first-order chi connectivity index (χ1) is 10.8. The summed E-state index contributed by atoms with van der Waals surface area (Å²) in [4.78, 5) is 0. The average molecular weight is 299 g/mol. The van der Waals surface area contributed by atoms with Crippen molar-refractivity contribution in [3.05, 3.63) is 59.2 Å². The molecule has 0 saturated heterocycles. The zero-order chi connectivity index (χ0) is 15.4. The zero-order valence-electron chi connectivity index (χ0n) is 12.7. The van der Waals surface area contributed by atoms with Crippen LogP contribution < -0.4 is 14.8 Å². The molecule has 2 aromatic carbocycles. The number of aliphatic hydroxyl groups is 1. The van der Waals surface area contributed by atoms with Gasteiger partial charge in [-0.1, -0.05) is 30.3 Å². The van der Waals surface area contributed by atoms with Crippen LogP contribution in [0.3, 0.4) is 0 Å². The fourth-order valence-corrected chi connectivity index (χ4v) is 2.75. The van der Waals surface area contributed by atoms with Crippen LogP contribution in [-0.4, -0.2) is 25.4 Å². The Morgan fingerprint density at radius 3 is 3.00 bits per heavy atom. The first-order valence-corrected chi connectivity index (χ1v) is 7.54. The smallest absolute Gasteiger partial charge is 0.124 e. The topological polar surface area (TPSA) is 50.7 Å². The average Bonchev–Trinajstić information content (AvgIpc) is 3.02. The molecule has 1 unspecified atom stereocenters. The lowest BCUT2D eigenvalue weighted by Crippen LogP contribution is -2.21. The van der Waals surface area contributed by atoms with Crippen LogP contribution in [0.4, 0.5) is 0 Å². The lowest BCUT2D eigenvalue weighted by Gasteiger charge is -2.15. The quantitative estimate of drug-likeness (QED) is 0.860. The third kappa shape index (κ3) is 3.24. The van der Waals surface area contributed by atoms with Crippen molar-refractivity contribution in [2.24, 2.45) is 0 Å². The van der Waals surface area contributed by atoms with Crippen molar-refractivity contribution in [1.29, 1.82) is 0 Å². The molecule has 3 rings (SSSR count). The minimum Gasteiger partial charge on any atom is -0.496 e. The van der Waals surface area contributed by atoms with Crippen LogP contribution in [0.25, 0.3) is 0 Å². The van der Waals surface area contributed by atoms with Crippen LogP contribution in [0.2, 0.25) is 0 Å². The van der Waals surface area contributed by atoms with E-state index in [0.717, 1.165) is 30.9 Å². The first-order valence-electron chi connectivity index (χ1n) is 7.54. The summed E-state index contributed by atoms with van der Waals surface area (Å²) in [7, 11) is 1.62. The Bertz CT molecular complexity index is 642. The number of methoxy groups -OCH3 is 1. The van der Waals surface area contributed by atoms with Gasteiger partial charge in [0.05, 0.1) is 19.8 Å². The molecule has 1 atom stereocenters. The Hall–Kier alpha value is -2.04. The molecule has 1 aliphatic rings. The van der Waals surface area contributed by atoms with Crippen molar-refractivity contribution >= 4 is 0 Å². The van der Waals surface area contributed by atoms with Crippen LogP contribution in [0, 0.1) is 0 Å². The predicted molar refractivity (Wildman–Crippen MR) is 85.3 cm³/mol. The van der Waals surface area contributed by atoms with Gasteiger partial charge in [-0.3, -0.25) is 0 Å². The second-order valence-electron chi connectivity index (χ2n) is 5.43. The Morgan fingerprint density at radius 2 is 2.14 bits per heavy atom. The van der Waals surface area contributed by atoms with Crippen LogP contribution in [0.15, 0.2) is 42.5 Å². The summed E-state index contributed by atoms with van der Waals surface area (Å²) in [6.07, 6.45) is 0.390. The molecule has 0 aromatic heterocycles. The van der Waals surface area contributed by atoms with E-state index in [0.29, 0.717) is 12.3 Å². The van der Waals surface area contributed by atoms with Gasteiger partial charge < -0.3 is 19.9 Å². The van der Waals surface area contributed by atoms with E-state index in [1.165, 1.54) is 11.1 Å². The molecule has 0 bridgehead atoms. The number of benzene rings is 2. The minimum absolute atomic E-state index is 0.480. The number of hydrogen-bond acceptors (Lipinski definition) is 4. The molecular weight excluding hydrogens is 278 g/mol. The lowest BCUT2D eigenvalue weighted by atomic mass is 10.1. The molecule has 2 aromatic rings. The largest absolute Gasteiger partial charge is 0.496 e. The van der Waals surface area contributed by atoms with Crippen molar-refractivity contribution in [3.8, 4) is 11.5 Å². The molecule has 4 heteroatoms. The van der Waals surface area contributed by atoms with Crippen LogP contribution in [0.1, 0.15) is 22.8 Å². The summed E-state index contributed by atoms with van der Waals surface area (Å²) in [5, 5.41) is 13.6. The second-order valence-corrected chi connectivity index (χ2v) is 5.43. The molecular formula is C18H21NO3. The SMILES string of the molecule is COc1ccccc1C(O)CNCc1ccc2c(c1)CCO2. The third-order valence-electron chi connectivity index (χ3n) is 3.92. The van der Waals surface area contributed by atoms with Crippen molar-refractivity contribution in [1.82, 2.24) is 5.32 Å². The van der Waals surface area contributed by atoms with Crippen LogP contribution in [0.5, 0.6) is 11.5 Å². The molecule has 0 fully saturated rings. The molecule has 2 N–H and O–H groups in total. The molecule has 1 heterocycles. The highest BCUT2D eigenvalue weighted by Crippen LogP contribution is 2.26. The lowest BCUT2D eigenvalue weighted by molar-refractivity contribution is 0.170. The molecule has 0 radical (unpaired) electrons. The molecule has 0 aliphatic carbocycles. The summed E-state index contributed by atoms with van der Waals surface area (Å²) in [5.74, 6) is 1.71. The number of hydrogen-bond donors (Lipinski definition) is 2. The zero-order valence-corrected chi connectivity index (χ0v) is 12.7. The Morgan fingerprint density at radius 1 is 1.27 bits per heavy atom. The molecule has 22 heavy (non-hydrogen) atoms. The highest BCUT2D eigenvalue weighted by molar-refractivity contribution is 5.40. The fraction of sp³-hybridized carbons (Fsp3) is 0.333. The fourth-order valence-electron chi connectivity index (χ4n) is 2.75. The van der Waals surface area contributed by atoms with Gasteiger partial charge in [-0.2, -0.15) is 0 Å². The van der Waals surface area contributed by atoms with E-state index in [9.17, 15) is 5.11 Å². The molecule has 0 saturated carbocycles.